The first-order chi connectivity index (χ1) is 4.85. The molecule has 10 heavy (non-hydrogen) atoms. The SMILES string of the molecule is CC=CCC(=CCC)CC. The van der Waals surface area contributed by atoms with Gasteiger partial charge in [0.15, 0.2) is 0 Å². The highest BCUT2D eigenvalue weighted by Gasteiger charge is 1.87. The highest BCUT2D eigenvalue weighted by Crippen LogP contribution is 2.07. The van der Waals surface area contributed by atoms with Gasteiger partial charge in [-0.3, -0.25) is 0 Å². The molecule has 0 nitrogen and oxygen atoms in total. The number of hydrogen-bond donors (Lipinski definition) is 0. The number of hydrogen-bond acceptors (Lipinski definition) is 0. The van der Waals surface area contributed by atoms with E-state index in [1.807, 2.05) is 0 Å². The molecule has 0 bridgehead atoms. The van der Waals surface area contributed by atoms with Gasteiger partial charge < -0.3 is 0 Å². The molecule has 0 atom stereocenters. The van der Waals surface area contributed by atoms with Gasteiger partial charge in [0.1, 0.15) is 0 Å². The van der Waals surface area contributed by atoms with Crippen molar-refractivity contribution in [2.75, 3.05) is 0 Å². The van der Waals surface area contributed by atoms with E-state index in [2.05, 4.69) is 39.0 Å². The minimum atomic E-state index is 1.14. The van der Waals surface area contributed by atoms with Gasteiger partial charge in [-0.2, -0.15) is 0 Å². The molecule has 0 aliphatic rings. The third-order valence-electron chi connectivity index (χ3n) is 1.56. The Bertz CT molecular complexity index is 118. The second-order valence-corrected chi connectivity index (χ2v) is 2.40. The van der Waals surface area contributed by atoms with Crippen molar-refractivity contribution in [3.63, 3.8) is 0 Å². The van der Waals surface area contributed by atoms with Gasteiger partial charge in [-0.1, -0.05) is 37.6 Å². The molecule has 0 rings (SSSR count). The van der Waals surface area contributed by atoms with E-state index in [-0.39, 0.29) is 0 Å². The van der Waals surface area contributed by atoms with Crippen LogP contribution in [-0.4, -0.2) is 0 Å². The van der Waals surface area contributed by atoms with E-state index < -0.39 is 0 Å². The average molecular weight is 138 g/mol. The van der Waals surface area contributed by atoms with Crippen molar-refractivity contribution in [3.8, 4) is 0 Å². The first kappa shape index (κ1) is 9.48. The van der Waals surface area contributed by atoms with Crippen LogP contribution in [0.3, 0.4) is 0 Å². The van der Waals surface area contributed by atoms with Crippen LogP contribution in [-0.2, 0) is 0 Å². The predicted molar refractivity (Wildman–Crippen MR) is 48.1 cm³/mol. The molecule has 0 saturated heterocycles. The summed E-state index contributed by atoms with van der Waals surface area (Å²) >= 11 is 0. The number of rotatable bonds is 4. The molecule has 0 aliphatic heterocycles. The summed E-state index contributed by atoms with van der Waals surface area (Å²) in [6.07, 6.45) is 10.1. The van der Waals surface area contributed by atoms with E-state index in [0.717, 1.165) is 6.42 Å². The zero-order chi connectivity index (χ0) is 7.82. The normalized spacial score (nSPS) is 12.9. The van der Waals surface area contributed by atoms with E-state index in [1.54, 1.807) is 5.57 Å². The first-order valence-corrected chi connectivity index (χ1v) is 4.14. The second kappa shape index (κ2) is 6.60. The van der Waals surface area contributed by atoms with Crippen LogP contribution in [0.1, 0.15) is 40.0 Å². The fourth-order valence-corrected chi connectivity index (χ4v) is 0.930. The summed E-state index contributed by atoms with van der Waals surface area (Å²) in [6.45, 7) is 6.47. The van der Waals surface area contributed by atoms with Gasteiger partial charge in [0.25, 0.3) is 0 Å². The molecule has 0 unspecified atom stereocenters. The van der Waals surface area contributed by atoms with Crippen LogP contribution in [0.2, 0.25) is 0 Å². The topological polar surface area (TPSA) is 0 Å². The van der Waals surface area contributed by atoms with E-state index in [1.165, 1.54) is 12.8 Å². The maximum atomic E-state index is 2.32. The minimum Gasteiger partial charge on any atom is -0.0913 e. The maximum absolute atomic E-state index is 2.32. The Balaban J connectivity index is 3.71. The quantitative estimate of drug-likeness (QED) is 0.520. The molecule has 0 saturated carbocycles. The lowest BCUT2D eigenvalue weighted by atomic mass is 10.1. The first-order valence-electron chi connectivity index (χ1n) is 4.14. The lowest BCUT2D eigenvalue weighted by Crippen LogP contribution is -1.77. The Labute approximate surface area is 64.6 Å². The Morgan fingerprint density at radius 3 is 2.40 bits per heavy atom. The van der Waals surface area contributed by atoms with Gasteiger partial charge in [-0.15, -0.1) is 0 Å². The summed E-state index contributed by atoms with van der Waals surface area (Å²) in [4.78, 5) is 0. The highest BCUT2D eigenvalue weighted by atomic mass is 13.9. The molecule has 0 amide bonds. The van der Waals surface area contributed by atoms with E-state index in [9.17, 15) is 0 Å². The van der Waals surface area contributed by atoms with E-state index in [0.29, 0.717) is 0 Å². The van der Waals surface area contributed by atoms with Crippen LogP contribution in [0.25, 0.3) is 0 Å². The van der Waals surface area contributed by atoms with Crippen molar-refractivity contribution in [1.29, 1.82) is 0 Å². The summed E-state index contributed by atoms with van der Waals surface area (Å²) in [5.74, 6) is 0. The monoisotopic (exact) mass is 138 g/mol. The number of allylic oxidation sites excluding steroid dienone is 4. The molecule has 0 N–H and O–H groups in total. The fourth-order valence-electron chi connectivity index (χ4n) is 0.930. The van der Waals surface area contributed by atoms with E-state index in [4.69, 9.17) is 0 Å². The Hall–Kier alpha value is -0.520. The fraction of sp³-hybridized carbons (Fsp3) is 0.600. The largest absolute Gasteiger partial charge is 0.0913 e. The van der Waals surface area contributed by atoms with Crippen LogP contribution in [0.4, 0.5) is 0 Å². The molecule has 0 heterocycles. The molecule has 0 aliphatic carbocycles. The Morgan fingerprint density at radius 1 is 1.30 bits per heavy atom. The van der Waals surface area contributed by atoms with Crippen LogP contribution in [0.5, 0.6) is 0 Å². The Kier molecular flexibility index (Phi) is 6.25. The predicted octanol–water partition coefficient (Wildman–Crippen LogP) is 3.70. The van der Waals surface area contributed by atoms with Crippen molar-refractivity contribution in [2.24, 2.45) is 0 Å². The van der Waals surface area contributed by atoms with Crippen molar-refractivity contribution in [3.05, 3.63) is 23.8 Å². The molecule has 0 aromatic carbocycles. The zero-order valence-corrected chi connectivity index (χ0v) is 7.35. The standard InChI is InChI=1S/C10H18/c1-4-7-9-10(6-3)8-5-2/h4,7-8H,5-6,9H2,1-3H3. The highest BCUT2D eigenvalue weighted by molar-refractivity contribution is 5.06. The smallest absolute Gasteiger partial charge is 0.0139 e. The molecule has 0 spiro atoms. The van der Waals surface area contributed by atoms with Crippen molar-refractivity contribution >= 4 is 0 Å². The maximum Gasteiger partial charge on any atom is -0.0139 e. The summed E-state index contributed by atoms with van der Waals surface area (Å²) < 4.78 is 0. The third-order valence-corrected chi connectivity index (χ3v) is 1.56. The van der Waals surface area contributed by atoms with Crippen LogP contribution in [0, 0.1) is 0 Å². The molecule has 0 aromatic rings. The third kappa shape index (κ3) is 4.37. The average Bonchev–Trinajstić information content (AvgIpc) is 1.98. The summed E-state index contributed by atoms with van der Waals surface area (Å²) in [5, 5.41) is 0. The van der Waals surface area contributed by atoms with Crippen LogP contribution in [0.15, 0.2) is 23.8 Å². The molecule has 0 radical (unpaired) electrons. The van der Waals surface area contributed by atoms with Crippen LogP contribution < -0.4 is 0 Å². The summed E-state index contributed by atoms with van der Waals surface area (Å²) in [5.41, 5.74) is 1.56. The zero-order valence-electron chi connectivity index (χ0n) is 7.35. The van der Waals surface area contributed by atoms with Crippen molar-refractivity contribution < 1.29 is 0 Å². The van der Waals surface area contributed by atoms with Gasteiger partial charge in [0.2, 0.25) is 0 Å². The van der Waals surface area contributed by atoms with Gasteiger partial charge in [-0.05, 0) is 26.2 Å². The molecule has 0 aromatic heterocycles. The van der Waals surface area contributed by atoms with Gasteiger partial charge >= 0.3 is 0 Å². The van der Waals surface area contributed by atoms with Crippen molar-refractivity contribution in [1.82, 2.24) is 0 Å². The summed E-state index contributed by atoms with van der Waals surface area (Å²) in [7, 11) is 0. The molecular formula is C10H18. The van der Waals surface area contributed by atoms with Crippen LogP contribution >= 0.6 is 0 Å². The molecular weight excluding hydrogens is 120 g/mol. The van der Waals surface area contributed by atoms with E-state index >= 15 is 0 Å². The summed E-state index contributed by atoms with van der Waals surface area (Å²) in [6, 6.07) is 0. The second-order valence-electron chi connectivity index (χ2n) is 2.40. The lowest BCUT2D eigenvalue weighted by molar-refractivity contribution is 1.000. The minimum absolute atomic E-state index is 1.14. The van der Waals surface area contributed by atoms with Gasteiger partial charge in [0.05, 0.1) is 0 Å². The van der Waals surface area contributed by atoms with Gasteiger partial charge in [0, 0.05) is 0 Å². The lowest BCUT2D eigenvalue weighted by Gasteiger charge is -1.97. The molecule has 58 valence electrons. The van der Waals surface area contributed by atoms with Gasteiger partial charge in [-0.25, -0.2) is 0 Å². The van der Waals surface area contributed by atoms with Crippen molar-refractivity contribution in [2.45, 2.75) is 40.0 Å². The Morgan fingerprint density at radius 2 is 2.00 bits per heavy atom. The molecule has 0 fully saturated rings. The molecule has 0 heteroatoms.